The van der Waals surface area contributed by atoms with Crippen LogP contribution in [0, 0.1) is 0 Å². The highest BCUT2D eigenvalue weighted by atomic mass is 35.5. The van der Waals surface area contributed by atoms with E-state index in [1.54, 1.807) is 13.3 Å². The minimum absolute atomic E-state index is 0.365. The van der Waals surface area contributed by atoms with Crippen molar-refractivity contribution in [3.05, 3.63) is 71.3 Å². The number of hydrogen-bond acceptors (Lipinski definition) is 5. The van der Waals surface area contributed by atoms with Crippen LogP contribution in [0.2, 0.25) is 5.02 Å². The smallest absolute Gasteiger partial charge is 0.161 e. The van der Waals surface area contributed by atoms with Crippen molar-refractivity contribution in [3.63, 3.8) is 0 Å². The summed E-state index contributed by atoms with van der Waals surface area (Å²) in [5, 5.41) is 12.2. The second-order valence-electron chi connectivity index (χ2n) is 4.88. The second-order valence-corrected chi connectivity index (χ2v) is 5.28. The summed E-state index contributed by atoms with van der Waals surface area (Å²) in [7, 11) is 1.60. The normalized spacial score (nSPS) is 10.9. The van der Waals surface area contributed by atoms with Crippen LogP contribution in [0.3, 0.4) is 0 Å². The summed E-state index contributed by atoms with van der Waals surface area (Å²) in [4.78, 5) is 0. The van der Waals surface area contributed by atoms with Crippen molar-refractivity contribution in [2.45, 2.75) is 6.61 Å². The van der Waals surface area contributed by atoms with Crippen LogP contribution in [0.25, 0.3) is 0 Å². The molecule has 24 heavy (non-hydrogen) atoms. The molecule has 0 aliphatic heterocycles. The van der Waals surface area contributed by atoms with Crippen molar-refractivity contribution >= 4 is 17.8 Å². The molecule has 0 fully saturated rings. The van der Waals surface area contributed by atoms with Crippen LogP contribution in [-0.4, -0.2) is 28.2 Å². The van der Waals surface area contributed by atoms with Gasteiger partial charge in [-0.2, -0.15) is 5.10 Å². The number of nitrogens with zero attached hydrogens (tertiary/aromatic N) is 4. The van der Waals surface area contributed by atoms with Crippen molar-refractivity contribution in [1.29, 1.82) is 0 Å². The van der Waals surface area contributed by atoms with E-state index in [4.69, 9.17) is 21.1 Å². The molecule has 3 rings (SSSR count). The van der Waals surface area contributed by atoms with Crippen molar-refractivity contribution in [3.8, 4) is 11.5 Å². The molecule has 0 aliphatic rings. The molecule has 0 saturated carbocycles. The highest BCUT2D eigenvalue weighted by Gasteiger charge is 2.07. The van der Waals surface area contributed by atoms with Crippen LogP contribution in [0.1, 0.15) is 11.1 Å². The van der Waals surface area contributed by atoms with Gasteiger partial charge in [-0.15, -0.1) is 10.2 Å². The van der Waals surface area contributed by atoms with Crippen LogP contribution >= 0.6 is 11.6 Å². The molecule has 7 heteroatoms. The predicted molar refractivity (Wildman–Crippen MR) is 91.8 cm³/mol. The number of benzene rings is 2. The molecule has 0 spiro atoms. The molecule has 0 aliphatic carbocycles. The average Bonchev–Trinajstić information content (AvgIpc) is 3.13. The molecule has 0 bridgehead atoms. The number of rotatable bonds is 6. The Balaban J connectivity index is 1.73. The van der Waals surface area contributed by atoms with E-state index < -0.39 is 0 Å². The molecule has 0 saturated heterocycles. The maximum atomic E-state index is 6.14. The highest BCUT2D eigenvalue weighted by Crippen LogP contribution is 2.29. The lowest BCUT2D eigenvalue weighted by molar-refractivity contribution is 0.284. The Morgan fingerprint density at radius 1 is 1.12 bits per heavy atom. The van der Waals surface area contributed by atoms with Gasteiger partial charge < -0.3 is 9.47 Å². The molecular weight excluding hydrogens is 328 g/mol. The fraction of sp³-hybridized carbons (Fsp3) is 0.118. The third kappa shape index (κ3) is 3.91. The van der Waals surface area contributed by atoms with E-state index in [2.05, 4.69) is 15.3 Å². The van der Waals surface area contributed by atoms with Gasteiger partial charge in [0, 0.05) is 10.6 Å². The monoisotopic (exact) mass is 342 g/mol. The SMILES string of the molecule is COc1cc(/C=N\n2cnnc2)ccc1OCc1ccccc1Cl. The lowest BCUT2D eigenvalue weighted by atomic mass is 10.2. The molecule has 2 aromatic carbocycles. The van der Waals surface area contributed by atoms with Gasteiger partial charge in [0.15, 0.2) is 11.5 Å². The van der Waals surface area contributed by atoms with Crippen molar-refractivity contribution < 1.29 is 9.47 Å². The molecule has 3 aromatic rings. The summed E-state index contributed by atoms with van der Waals surface area (Å²) >= 11 is 6.14. The van der Waals surface area contributed by atoms with Crippen LogP contribution in [0.5, 0.6) is 11.5 Å². The van der Waals surface area contributed by atoms with Gasteiger partial charge >= 0.3 is 0 Å². The summed E-state index contributed by atoms with van der Waals surface area (Å²) < 4.78 is 12.7. The van der Waals surface area contributed by atoms with E-state index >= 15 is 0 Å². The van der Waals surface area contributed by atoms with E-state index in [-0.39, 0.29) is 0 Å². The third-order valence-corrected chi connectivity index (χ3v) is 3.64. The lowest BCUT2D eigenvalue weighted by Gasteiger charge is -2.12. The minimum atomic E-state index is 0.365. The summed E-state index contributed by atoms with van der Waals surface area (Å²) in [6, 6.07) is 13.1. The fourth-order valence-electron chi connectivity index (χ4n) is 2.04. The van der Waals surface area contributed by atoms with E-state index in [9.17, 15) is 0 Å². The van der Waals surface area contributed by atoms with Gasteiger partial charge in [-0.05, 0) is 29.8 Å². The summed E-state index contributed by atoms with van der Waals surface area (Å²) in [5.41, 5.74) is 1.78. The Labute approximate surface area is 144 Å². The van der Waals surface area contributed by atoms with Crippen molar-refractivity contribution in [1.82, 2.24) is 14.9 Å². The Morgan fingerprint density at radius 2 is 1.92 bits per heavy atom. The maximum absolute atomic E-state index is 6.14. The first kappa shape index (κ1) is 16.0. The topological polar surface area (TPSA) is 61.5 Å². The highest BCUT2D eigenvalue weighted by molar-refractivity contribution is 6.31. The third-order valence-electron chi connectivity index (χ3n) is 3.28. The van der Waals surface area contributed by atoms with E-state index in [1.165, 1.54) is 17.3 Å². The Morgan fingerprint density at radius 3 is 2.67 bits per heavy atom. The zero-order valence-corrected chi connectivity index (χ0v) is 13.7. The zero-order valence-electron chi connectivity index (χ0n) is 13.0. The Hall–Kier alpha value is -2.86. The predicted octanol–water partition coefficient (Wildman–Crippen LogP) is 3.40. The van der Waals surface area contributed by atoms with Crippen molar-refractivity contribution in [2.75, 3.05) is 7.11 Å². The first-order valence-electron chi connectivity index (χ1n) is 7.19. The van der Waals surface area contributed by atoms with Gasteiger partial charge in [-0.25, -0.2) is 4.68 Å². The quantitative estimate of drug-likeness (QED) is 0.644. The number of methoxy groups -OCH3 is 1. The van der Waals surface area contributed by atoms with Crippen molar-refractivity contribution in [2.24, 2.45) is 5.10 Å². The van der Waals surface area contributed by atoms with E-state index in [0.717, 1.165) is 11.1 Å². The molecular formula is C17H15ClN4O2. The van der Waals surface area contributed by atoms with Crippen LogP contribution < -0.4 is 9.47 Å². The molecule has 122 valence electrons. The second kappa shape index (κ2) is 7.61. The average molecular weight is 343 g/mol. The summed E-state index contributed by atoms with van der Waals surface area (Å²) in [5.74, 6) is 1.26. The van der Waals surface area contributed by atoms with Gasteiger partial charge in [-0.1, -0.05) is 29.8 Å². The minimum Gasteiger partial charge on any atom is -0.493 e. The first-order valence-corrected chi connectivity index (χ1v) is 7.57. The molecule has 0 radical (unpaired) electrons. The molecule has 1 heterocycles. The first-order chi connectivity index (χ1) is 11.8. The van der Waals surface area contributed by atoms with Gasteiger partial charge in [0.1, 0.15) is 19.3 Å². The number of halogens is 1. The van der Waals surface area contributed by atoms with E-state index in [1.807, 2.05) is 42.5 Å². The number of hydrogen-bond donors (Lipinski definition) is 0. The fourth-order valence-corrected chi connectivity index (χ4v) is 2.23. The van der Waals surface area contributed by atoms with Crippen LogP contribution in [0.4, 0.5) is 0 Å². The van der Waals surface area contributed by atoms with Gasteiger partial charge in [0.05, 0.1) is 13.3 Å². The summed E-state index contributed by atoms with van der Waals surface area (Å²) in [6.45, 7) is 0.365. The molecule has 1 aromatic heterocycles. The largest absolute Gasteiger partial charge is 0.493 e. The zero-order chi connectivity index (χ0) is 16.8. The Bertz CT molecular complexity index is 834. The molecule has 6 nitrogen and oxygen atoms in total. The van der Waals surface area contributed by atoms with Gasteiger partial charge in [-0.3, -0.25) is 0 Å². The van der Waals surface area contributed by atoms with E-state index in [0.29, 0.717) is 23.1 Å². The summed E-state index contributed by atoms with van der Waals surface area (Å²) in [6.07, 6.45) is 4.70. The Kier molecular flexibility index (Phi) is 5.08. The van der Waals surface area contributed by atoms with Crippen LogP contribution in [0.15, 0.2) is 60.2 Å². The lowest BCUT2D eigenvalue weighted by Crippen LogP contribution is -1.99. The van der Waals surface area contributed by atoms with Gasteiger partial charge in [0.2, 0.25) is 0 Å². The molecule has 0 unspecified atom stereocenters. The standard InChI is InChI=1S/C17H15ClN4O2/c1-23-17-8-13(9-21-22-11-19-20-12-22)6-7-16(17)24-10-14-4-2-3-5-15(14)18/h2-9,11-12H,10H2,1H3/b21-9-. The van der Waals surface area contributed by atoms with Crippen LogP contribution in [-0.2, 0) is 6.61 Å². The molecule has 0 N–H and O–H groups in total. The maximum Gasteiger partial charge on any atom is 0.161 e. The number of aromatic nitrogens is 3. The van der Waals surface area contributed by atoms with Gasteiger partial charge in [0.25, 0.3) is 0 Å². The molecule has 0 amide bonds. The molecule has 0 atom stereocenters. The number of ether oxygens (including phenoxy) is 2.